The van der Waals surface area contributed by atoms with Crippen molar-refractivity contribution in [2.45, 2.75) is 25.2 Å². The van der Waals surface area contributed by atoms with E-state index in [0.717, 1.165) is 5.56 Å². The molecule has 0 saturated carbocycles. The standard InChI is InChI=1S/C19H22N2O4/c1-23-15-7-9-20-17(11-15)19(22)21-16-8-10-24-13-18(16)25-12-14-5-3-2-4-6-14/h2-7,9,11,16,18H,8,10,12-13H2,1H3,(H,21,22)/t16-,18-/m1/s1. The summed E-state index contributed by atoms with van der Waals surface area (Å²) in [4.78, 5) is 16.6. The van der Waals surface area contributed by atoms with Crippen molar-refractivity contribution in [3.05, 3.63) is 59.9 Å². The van der Waals surface area contributed by atoms with Crippen molar-refractivity contribution >= 4 is 5.91 Å². The average Bonchev–Trinajstić information content (AvgIpc) is 2.68. The number of nitrogens with one attached hydrogen (secondary N) is 1. The van der Waals surface area contributed by atoms with E-state index in [9.17, 15) is 4.79 Å². The molecule has 1 aromatic carbocycles. The molecule has 1 saturated heterocycles. The van der Waals surface area contributed by atoms with Crippen LogP contribution in [0.3, 0.4) is 0 Å². The molecule has 0 bridgehead atoms. The molecule has 1 amide bonds. The number of carbonyl (C=O) groups excluding carboxylic acids is 1. The first-order valence-electron chi connectivity index (χ1n) is 8.30. The van der Waals surface area contributed by atoms with Crippen molar-refractivity contribution in [2.75, 3.05) is 20.3 Å². The molecule has 2 atom stereocenters. The fourth-order valence-corrected chi connectivity index (χ4v) is 2.72. The maximum atomic E-state index is 12.5. The lowest BCUT2D eigenvalue weighted by Crippen LogP contribution is -2.50. The molecule has 2 heterocycles. The summed E-state index contributed by atoms with van der Waals surface area (Å²) in [6.45, 7) is 1.55. The Morgan fingerprint density at radius 3 is 2.96 bits per heavy atom. The zero-order chi connectivity index (χ0) is 17.5. The number of hydrogen-bond acceptors (Lipinski definition) is 5. The first kappa shape index (κ1) is 17.4. The van der Waals surface area contributed by atoms with Gasteiger partial charge in [0.05, 0.1) is 26.4 Å². The number of aromatic nitrogens is 1. The quantitative estimate of drug-likeness (QED) is 0.871. The van der Waals surface area contributed by atoms with Gasteiger partial charge in [0.1, 0.15) is 17.5 Å². The highest BCUT2D eigenvalue weighted by Gasteiger charge is 2.28. The molecule has 0 aliphatic carbocycles. The summed E-state index contributed by atoms with van der Waals surface area (Å²) in [5.41, 5.74) is 1.42. The van der Waals surface area contributed by atoms with E-state index >= 15 is 0 Å². The summed E-state index contributed by atoms with van der Waals surface area (Å²) in [6, 6.07) is 13.2. The van der Waals surface area contributed by atoms with Gasteiger partial charge in [-0.2, -0.15) is 0 Å². The van der Waals surface area contributed by atoms with E-state index in [0.29, 0.717) is 37.7 Å². The average molecular weight is 342 g/mol. The summed E-state index contributed by atoms with van der Waals surface area (Å²) in [5, 5.41) is 3.01. The number of methoxy groups -OCH3 is 1. The molecule has 1 aliphatic heterocycles. The Morgan fingerprint density at radius 1 is 1.32 bits per heavy atom. The third-order valence-corrected chi connectivity index (χ3v) is 4.13. The van der Waals surface area contributed by atoms with Crippen LogP contribution in [-0.2, 0) is 16.1 Å². The number of ether oxygens (including phenoxy) is 3. The summed E-state index contributed by atoms with van der Waals surface area (Å²) >= 11 is 0. The molecule has 1 N–H and O–H groups in total. The van der Waals surface area contributed by atoms with Crippen LogP contribution in [0, 0.1) is 0 Å². The molecule has 1 aliphatic rings. The van der Waals surface area contributed by atoms with Gasteiger partial charge in [-0.3, -0.25) is 9.78 Å². The monoisotopic (exact) mass is 342 g/mol. The zero-order valence-electron chi connectivity index (χ0n) is 14.2. The number of amides is 1. The van der Waals surface area contributed by atoms with E-state index in [1.165, 1.54) is 0 Å². The molecular formula is C19H22N2O4. The van der Waals surface area contributed by atoms with Crippen LogP contribution in [-0.4, -0.2) is 43.4 Å². The first-order chi connectivity index (χ1) is 12.3. The zero-order valence-corrected chi connectivity index (χ0v) is 14.2. The van der Waals surface area contributed by atoms with Crippen LogP contribution in [0.25, 0.3) is 0 Å². The minimum absolute atomic E-state index is 0.113. The van der Waals surface area contributed by atoms with Crippen LogP contribution in [0.5, 0.6) is 5.75 Å². The largest absolute Gasteiger partial charge is 0.497 e. The van der Waals surface area contributed by atoms with Crippen LogP contribution in [0.2, 0.25) is 0 Å². The summed E-state index contributed by atoms with van der Waals surface area (Å²) in [7, 11) is 1.56. The molecule has 0 spiro atoms. The fourth-order valence-electron chi connectivity index (χ4n) is 2.72. The normalized spacial score (nSPS) is 20.0. The lowest BCUT2D eigenvalue weighted by atomic mass is 10.1. The Balaban J connectivity index is 1.61. The Hall–Kier alpha value is -2.44. The molecule has 1 fully saturated rings. The van der Waals surface area contributed by atoms with Gasteiger partial charge in [0.25, 0.3) is 5.91 Å². The predicted octanol–water partition coefficient (Wildman–Crippen LogP) is 2.19. The highest BCUT2D eigenvalue weighted by molar-refractivity contribution is 5.92. The maximum absolute atomic E-state index is 12.5. The van der Waals surface area contributed by atoms with Crippen LogP contribution in [0.4, 0.5) is 0 Å². The van der Waals surface area contributed by atoms with Gasteiger partial charge in [0.15, 0.2) is 0 Å². The predicted molar refractivity (Wildman–Crippen MR) is 92.5 cm³/mol. The number of rotatable bonds is 6. The van der Waals surface area contributed by atoms with Gasteiger partial charge in [-0.1, -0.05) is 30.3 Å². The van der Waals surface area contributed by atoms with E-state index in [2.05, 4.69) is 10.3 Å². The molecule has 6 heteroatoms. The van der Waals surface area contributed by atoms with Crippen LogP contribution in [0.1, 0.15) is 22.5 Å². The van der Waals surface area contributed by atoms with Crippen molar-refractivity contribution in [2.24, 2.45) is 0 Å². The van der Waals surface area contributed by atoms with Gasteiger partial charge >= 0.3 is 0 Å². The Morgan fingerprint density at radius 2 is 2.16 bits per heavy atom. The molecular weight excluding hydrogens is 320 g/mol. The summed E-state index contributed by atoms with van der Waals surface area (Å²) in [5.74, 6) is 0.364. The van der Waals surface area contributed by atoms with E-state index in [1.807, 2.05) is 30.3 Å². The third kappa shape index (κ3) is 4.78. The molecule has 25 heavy (non-hydrogen) atoms. The molecule has 6 nitrogen and oxygen atoms in total. The highest BCUT2D eigenvalue weighted by atomic mass is 16.5. The fraction of sp³-hybridized carbons (Fsp3) is 0.368. The topological polar surface area (TPSA) is 69.7 Å². The van der Waals surface area contributed by atoms with Crippen molar-refractivity contribution in [1.29, 1.82) is 0 Å². The summed E-state index contributed by atoms with van der Waals surface area (Å²) in [6.07, 6.45) is 2.07. The van der Waals surface area contributed by atoms with Gasteiger partial charge in [0, 0.05) is 18.9 Å². The molecule has 0 unspecified atom stereocenters. The minimum Gasteiger partial charge on any atom is -0.497 e. The smallest absolute Gasteiger partial charge is 0.270 e. The van der Waals surface area contributed by atoms with Crippen LogP contribution >= 0.6 is 0 Å². The minimum atomic E-state index is -0.237. The van der Waals surface area contributed by atoms with E-state index in [4.69, 9.17) is 14.2 Å². The Kier molecular flexibility index (Phi) is 5.98. The van der Waals surface area contributed by atoms with Crippen molar-refractivity contribution < 1.29 is 19.0 Å². The molecule has 132 valence electrons. The summed E-state index contributed by atoms with van der Waals surface area (Å²) < 4.78 is 16.6. The van der Waals surface area contributed by atoms with Gasteiger partial charge in [-0.05, 0) is 18.1 Å². The molecule has 0 radical (unpaired) electrons. The van der Waals surface area contributed by atoms with E-state index < -0.39 is 0 Å². The number of benzene rings is 1. The second-order valence-corrected chi connectivity index (χ2v) is 5.86. The van der Waals surface area contributed by atoms with Gasteiger partial charge < -0.3 is 19.5 Å². The van der Waals surface area contributed by atoms with E-state index in [-0.39, 0.29) is 18.1 Å². The number of carbonyl (C=O) groups is 1. The lowest BCUT2D eigenvalue weighted by Gasteiger charge is -2.32. The lowest BCUT2D eigenvalue weighted by molar-refractivity contribution is -0.0736. The second-order valence-electron chi connectivity index (χ2n) is 5.86. The molecule has 2 aromatic rings. The molecule has 3 rings (SSSR count). The van der Waals surface area contributed by atoms with Gasteiger partial charge in [0.2, 0.25) is 0 Å². The number of hydrogen-bond donors (Lipinski definition) is 1. The Bertz CT molecular complexity index is 693. The third-order valence-electron chi connectivity index (χ3n) is 4.13. The molecule has 1 aromatic heterocycles. The first-order valence-corrected chi connectivity index (χ1v) is 8.30. The maximum Gasteiger partial charge on any atom is 0.270 e. The van der Waals surface area contributed by atoms with Crippen molar-refractivity contribution in [3.8, 4) is 5.75 Å². The second kappa shape index (κ2) is 8.60. The highest BCUT2D eigenvalue weighted by Crippen LogP contribution is 2.16. The van der Waals surface area contributed by atoms with Crippen LogP contribution in [0.15, 0.2) is 48.7 Å². The van der Waals surface area contributed by atoms with Crippen molar-refractivity contribution in [3.63, 3.8) is 0 Å². The van der Waals surface area contributed by atoms with Gasteiger partial charge in [-0.25, -0.2) is 0 Å². The van der Waals surface area contributed by atoms with E-state index in [1.54, 1.807) is 25.4 Å². The SMILES string of the molecule is COc1ccnc(C(=O)N[C@@H]2CCOC[C@H]2OCc2ccccc2)c1. The van der Waals surface area contributed by atoms with Crippen molar-refractivity contribution in [1.82, 2.24) is 10.3 Å². The number of pyridine rings is 1. The number of nitrogens with zero attached hydrogens (tertiary/aromatic N) is 1. The van der Waals surface area contributed by atoms with Crippen LogP contribution < -0.4 is 10.1 Å². The van der Waals surface area contributed by atoms with Gasteiger partial charge in [-0.15, -0.1) is 0 Å². The Labute approximate surface area is 147 Å².